The molecule has 4 saturated heterocycles. The number of rotatable bonds is 3. The van der Waals surface area contributed by atoms with E-state index in [1.165, 1.54) is 6.07 Å². The first-order valence-electron chi connectivity index (χ1n) is 13.9. The zero-order valence-corrected chi connectivity index (χ0v) is 20.9. The van der Waals surface area contributed by atoms with Gasteiger partial charge in [-0.05, 0) is 88.2 Å². The number of hydrogen-bond acceptors (Lipinski definition) is 5. The van der Waals surface area contributed by atoms with Gasteiger partial charge in [0.25, 0.3) is 0 Å². The van der Waals surface area contributed by atoms with E-state index < -0.39 is 0 Å². The third kappa shape index (κ3) is 3.83. The van der Waals surface area contributed by atoms with Crippen molar-refractivity contribution in [1.29, 1.82) is 0 Å². The summed E-state index contributed by atoms with van der Waals surface area (Å²) in [7, 11) is 0. The van der Waals surface area contributed by atoms with E-state index in [9.17, 15) is 14.0 Å². The quantitative estimate of drug-likeness (QED) is 0.635. The highest BCUT2D eigenvalue weighted by atomic mass is 19.1. The predicted octanol–water partition coefficient (Wildman–Crippen LogP) is 3.84. The number of carbonyl (C=O) groups is 2. The fourth-order valence-corrected chi connectivity index (χ4v) is 7.69. The molecule has 194 valence electrons. The molecule has 1 aromatic rings. The van der Waals surface area contributed by atoms with Crippen LogP contribution in [0.3, 0.4) is 0 Å². The third-order valence-electron chi connectivity index (χ3n) is 9.82. The summed E-state index contributed by atoms with van der Waals surface area (Å²) >= 11 is 0. The molecular formula is C28H36FN3O4. The third-order valence-corrected chi connectivity index (χ3v) is 9.82. The largest absolute Gasteiger partial charge is 0.444 e. The predicted molar refractivity (Wildman–Crippen MR) is 131 cm³/mol. The summed E-state index contributed by atoms with van der Waals surface area (Å²) < 4.78 is 25.4. The highest BCUT2D eigenvalue weighted by Gasteiger charge is 2.51. The summed E-state index contributed by atoms with van der Waals surface area (Å²) in [5.74, 6) is 0.171. The van der Waals surface area contributed by atoms with Crippen molar-refractivity contribution in [1.82, 2.24) is 9.80 Å². The normalized spacial score (nSPS) is 33.2. The molecule has 8 heteroatoms. The number of likely N-dealkylation sites (tertiary alicyclic amines) is 1. The molecule has 0 N–H and O–H groups in total. The smallest absolute Gasteiger partial charge is 0.410 e. The van der Waals surface area contributed by atoms with Crippen LogP contribution in [0, 0.1) is 11.7 Å². The van der Waals surface area contributed by atoms with Crippen molar-refractivity contribution < 1.29 is 23.5 Å². The van der Waals surface area contributed by atoms with Gasteiger partial charge in [-0.2, -0.15) is 0 Å². The van der Waals surface area contributed by atoms with E-state index in [0.717, 1.165) is 82.1 Å². The maximum Gasteiger partial charge on any atom is 0.410 e. The van der Waals surface area contributed by atoms with Gasteiger partial charge in [-0.3, -0.25) is 4.79 Å². The van der Waals surface area contributed by atoms with E-state index in [-0.39, 0.29) is 47.3 Å². The van der Waals surface area contributed by atoms with Crippen LogP contribution in [0.2, 0.25) is 0 Å². The molecule has 5 aliphatic heterocycles. The van der Waals surface area contributed by atoms with Crippen LogP contribution in [0.1, 0.15) is 63.4 Å². The molecule has 2 amide bonds. The van der Waals surface area contributed by atoms with Gasteiger partial charge in [0.1, 0.15) is 11.9 Å². The van der Waals surface area contributed by atoms with Crippen LogP contribution in [-0.2, 0) is 19.7 Å². The minimum Gasteiger partial charge on any atom is -0.444 e. The van der Waals surface area contributed by atoms with Crippen LogP contribution >= 0.6 is 0 Å². The molecule has 36 heavy (non-hydrogen) atoms. The monoisotopic (exact) mass is 497 g/mol. The van der Waals surface area contributed by atoms with Gasteiger partial charge in [-0.25, -0.2) is 9.18 Å². The van der Waals surface area contributed by atoms with Crippen LogP contribution < -0.4 is 4.90 Å². The maximum atomic E-state index is 14.3. The first-order valence-corrected chi connectivity index (χ1v) is 13.9. The number of anilines is 1. The van der Waals surface area contributed by atoms with Gasteiger partial charge >= 0.3 is 6.09 Å². The Balaban J connectivity index is 1.02. The number of carbonyl (C=O) groups excluding carboxylic acids is 2. The van der Waals surface area contributed by atoms with Crippen LogP contribution in [0.4, 0.5) is 14.9 Å². The molecule has 2 unspecified atom stereocenters. The van der Waals surface area contributed by atoms with Crippen LogP contribution in [0.15, 0.2) is 18.2 Å². The fourth-order valence-electron chi connectivity index (χ4n) is 7.69. The Kier molecular flexibility index (Phi) is 5.54. The van der Waals surface area contributed by atoms with Gasteiger partial charge in [-0.1, -0.05) is 0 Å². The Morgan fingerprint density at radius 1 is 1.00 bits per heavy atom. The first kappa shape index (κ1) is 23.0. The van der Waals surface area contributed by atoms with Crippen molar-refractivity contribution in [3.8, 4) is 0 Å². The Morgan fingerprint density at radius 2 is 1.75 bits per heavy atom. The number of benzene rings is 1. The van der Waals surface area contributed by atoms with E-state index in [1.807, 2.05) is 15.9 Å². The molecule has 7 nitrogen and oxygen atoms in total. The lowest BCUT2D eigenvalue weighted by Crippen LogP contribution is -2.56. The highest BCUT2D eigenvalue weighted by molar-refractivity contribution is 5.99. The van der Waals surface area contributed by atoms with Gasteiger partial charge in [0.15, 0.2) is 0 Å². The number of fused-ring (bicyclic) bond motifs is 4. The lowest BCUT2D eigenvalue weighted by Gasteiger charge is -2.47. The molecule has 5 fully saturated rings. The van der Waals surface area contributed by atoms with Crippen molar-refractivity contribution in [2.45, 2.75) is 87.4 Å². The van der Waals surface area contributed by atoms with Crippen molar-refractivity contribution in [2.75, 3.05) is 37.7 Å². The van der Waals surface area contributed by atoms with Gasteiger partial charge in [0.2, 0.25) is 5.91 Å². The van der Waals surface area contributed by atoms with E-state index in [4.69, 9.17) is 9.47 Å². The molecule has 0 aromatic heterocycles. The van der Waals surface area contributed by atoms with Gasteiger partial charge in [0, 0.05) is 48.1 Å². The van der Waals surface area contributed by atoms with Crippen molar-refractivity contribution >= 4 is 17.7 Å². The SMILES string of the molecule is O=C(C1CC1)N1CC2(CCN(C3CC4CCC(C3)N4C(=O)O[C@@H]3CCOC3)CC2)c2cc(F)ccc21. The van der Waals surface area contributed by atoms with Gasteiger partial charge in [0.05, 0.1) is 13.2 Å². The summed E-state index contributed by atoms with van der Waals surface area (Å²) in [5.41, 5.74) is 1.81. The maximum absolute atomic E-state index is 14.3. The van der Waals surface area contributed by atoms with Crippen molar-refractivity contribution in [3.63, 3.8) is 0 Å². The Labute approximate surface area is 211 Å². The Bertz CT molecular complexity index is 1030. The Hall–Kier alpha value is -2.19. The molecule has 5 heterocycles. The second kappa shape index (κ2) is 8.69. The van der Waals surface area contributed by atoms with Crippen LogP contribution in [-0.4, -0.2) is 78.9 Å². The molecule has 1 spiro atoms. The number of amides is 2. The van der Waals surface area contributed by atoms with E-state index in [2.05, 4.69) is 4.90 Å². The van der Waals surface area contributed by atoms with E-state index in [1.54, 1.807) is 6.07 Å². The van der Waals surface area contributed by atoms with Gasteiger partial charge < -0.3 is 24.2 Å². The second-order valence-corrected chi connectivity index (χ2v) is 12.0. The first-order chi connectivity index (χ1) is 17.5. The molecule has 1 saturated carbocycles. The summed E-state index contributed by atoms with van der Waals surface area (Å²) in [5, 5.41) is 0. The summed E-state index contributed by atoms with van der Waals surface area (Å²) in [4.78, 5) is 32.6. The molecule has 1 aromatic carbocycles. The number of halogens is 1. The van der Waals surface area contributed by atoms with E-state index in [0.29, 0.717) is 25.8 Å². The molecule has 7 rings (SSSR count). The average molecular weight is 498 g/mol. The molecular weight excluding hydrogens is 461 g/mol. The molecule has 6 aliphatic rings. The van der Waals surface area contributed by atoms with Crippen molar-refractivity contribution in [2.24, 2.45) is 5.92 Å². The minimum atomic E-state index is -0.212. The van der Waals surface area contributed by atoms with Crippen molar-refractivity contribution in [3.05, 3.63) is 29.6 Å². The summed E-state index contributed by atoms with van der Waals surface area (Å²) in [6.07, 6.45) is 8.50. The topological polar surface area (TPSA) is 62.3 Å². The number of ether oxygens (including phenoxy) is 2. The average Bonchev–Trinajstić information content (AvgIpc) is 3.44. The van der Waals surface area contributed by atoms with Crippen LogP contribution in [0.5, 0.6) is 0 Å². The number of nitrogens with zero attached hydrogens (tertiary/aromatic N) is 3. The Morgan fingerprint density at radius 3 is 2.42 bits per heavy atom. The number of piperidine rings is 2. The summed E-state index contributed by atoms with van der Waals surface area (Å²) in [6.45, 7) is 3.79. The van der Waals surface area contributed by atoms with E-state index >= 15 is 0 Å². The molecule has 2 bridgehead atoms. The highest BCUT2D eigenvalue weighted by Crippen LogP contribution is 2.50. The second-order valence-electron chi connectivity index (χ2n) is 12.0. The number of hydrogen-bond donors (Lipinski definition) is 0. The van der Waals surface area contributed by atoms with Crippen LogP contribution in [0.25, 0.3) is 0 Å². The lowest BCUT2D eigenvalue weighted by molar-refractivity contribution is -0.119. The standard InChI is InChI=1S/C28H36FN3O4/c29-19-3-6-25-24(13-19)28(17-31(25)26(33)18-1-2-18)8-10-30(11-9-28)22-14-20-4-5-21(15-22)32(20)27(34)36-23-7-12-35-16-23/h3,6,13,18,20-23H,1-2,4-5,7-12,14-17H2/t20?,21?,22?,23-/m1/s1. The zero-order valence-electron chi connectivity index (χ0n) is 20.9. The minimum absolute atomic E-state index is 0.0987. The summed E-state index contributed by atoms with van der Waals surface area (Å²) in [6, 6.07) is 5.98. The lowest BCUT2D eigenvalue weighted by atomic mass is 9.73. The molecule has 1 aliphatic carbocycles. The molecule has 3 atom stereocenters. The fraction of sp³-hybridized carbons (Fsp3) is 0.714. The van der Waals surface area contributed by atoms with Gasteiger partial charge in [-0.15, -0.1) is 0 Å². The zero-order chi connectivity index (χ0) is 24.4. The molecule has 0 radical (unpaired) electrons.